The average molecular weight is 259 g/mol. The molecular formula is C14H17N3O2. The van der Waals surface area contributed by atoms with Gasteiger partial charge < -0.3 is 15.7 Å². The lowest BCUT2D eigenvalue weighted by atomic mass is 10.2. The van der Waals surface area contributed by atoms with E-state index in [2.05, 4.69) is 10.1 Å². The van der Waals surface area contributed by atoms with E-state index < -0.39 is 0 Å². The summed E-state index contributed by atoms with van der Waals surface area (Å²) in [4.78, 5) is 4.28. The predicted octanol–water partition coefficient (Wildman–Crippen LogP) is 2.53. The highest BCUT2D eigenvalue weighted by atomic mass is 16.5. The Bertz CT molecular complexity index is 569. The highest BCUT2D eigenvalue weighted by Crippen LogP contribution is 2.18. The Balaban J connectivity index is 1.81. The summed E-state index contributed by atoms with van der Waals surface area (Å²) < 4.78 is 5.65. The molecule has 0 aliphatic rings. The molecule has 0 aliphatic carbocycles. The normalized spacial score (nSPS) is 11.7. The number of unbranched alkanes of at least 4 members (excludes halogenated alkanes) is 1. The standard InChI is InChI=1S/C14H17N3O2/c15-14(17-18)5-1-2-9-19-12-7-6-11-4-3-8-16-13(11)10-12/h3-4,6-8,10,18H,1-2,5,9H2,(H2,15,17). The zero-order valence-electron chi connectivity index (χ0n) is 10.6. The van der Waals surface area contributed by atoms with Gasteiger partial charge in [0.05, 0.1) is 12.1 Å². The van der Waals surface area contributed by atoms with Crippen LogP contribution in [0.4, 0.5) is 0 Å². The molecule has 5 nitrogen and oxygen atoms in total. The number of hydrogen-bond acceptors (Lipinski definition) is 4. The summed E-state index contributed by atoms with van der Waals surface area (Å²) in [6.07, 6.45) is 4.04. The van der Waals surface area contributed by atoms with Gasteiger partial charge in [0.2, 0.25) is 0 Å². The minimum atomic E-state index is 0.259. The summed E-state index contributed by atoms with van der Waals surface area (Å²) in [5.41, 5.74) is 6.31. The fourth-order valence-corrected chi connectivity index (χ4v) is 1.78. The average Bonchev–Trinajstić information content (AvgIpc) is 2.46. The van der Waals surface area contributed by atoms with Gasteiger partial charge in [0.1, 0.15) is 11.6 Å². The van der Waals surface area contributed by atoms with Gasteiger partial charge in [0.25, 0.3) is 0 Å². The van der Waals surface area contributed by atoms with E-state index >= 15 is 0 Å². The maximum Gasteiger partial charge on any atom is 0.139 e. The molecule has 2 rings (SSSR count). The van der Waals surface area contributed by atoms with E-state index in [9.17, 15) is 0 Å². The van der Waals surface area contributed by atoms with Crippen molar-refractivity contribution in [3.63, 3.8) is 0 Å². The number of aromatic nitrogens is 1. The number of benzene rings is 1. The van der Waals surface area contributed by atoms with E-state index in [1.54, 1.807) is 6.20 Å². The van der Waals surface area contributed by atoms with Gasteiger partial charge in [0.15, 0.2) is 0 Å². The molecule has 2 aromatic rings. The van der Waals surface area contributed by atoms with Crippen molar-refractivity contribution in [3.8, 4) is 5.75 Å². The zero-order valence-corrected chi connectivity index (χ0v) is 10.6. The molecule has 0 radical (unpaired) electrons. The molecule has 1 heterocycles. The third-order valence-electron chi connectivity index (χ3n) is 2.80. The van der Waals surface area contributed by atoms with E-state index in [0.717, 1.165) is 29.5 Å². The minimum absolute atomic E-state index is 0.259. The second-order valence-corrected chi connectivity index (χ2v) is 4.25. The Morgan fingerprint density at radius 1 is 1.32 bits per heavy atom. The number of nitrogens with two attached hydrogens (primary N) is 1. The highest BCUT2D eigenvalue weighted by molar-refractivity contribution is 5.80. The number of ether oxygens (including phenoxy) is 1. The molecule has 0 unspecified atom stereocenters. The van der Waals surface area contributed by atoms with Crippen molar-refractivity contribution in [2.75, 3.05) is 6.61 Å². The van der Waals surface area contributed by atoms with Crippen LogP contribution in [0.3, 0.4) is 0 Å². The number of amidine groups is 1. The Hall–Kier alpha value is -2.30. The molecule has 0 atom stereocenters. The smallest absolute Gasteiger partial charge is 0.139 e. The van der Waals surface area contributed by atoms with Crippen LogP contribution in [-0.2, 0) is 0 Å². The molecule has 3 N–H and O–H groups in total. The Morgan fingerprint density at radius 2 is 2.21 bits per heavy atom. The van der Waals surface area contributed by atoms with Crippen molar-refractivity contribution in [1.29, 1.82) is 0 Å². The van der Waals surface area contributed by atoms with Crippen LogP contribution < -0.4 is 10.5 Å². The van der Waals surface area contributed by atoms with Crippen LogP contribution in [0, 0.1) is 0 Å². The van der Waals surface area contributed by atoms with Crippen molar-refractivity contribution in [1.82, 2.24) is 4.98 Å². The van der Waals surface area contributed by atoms with Gasteiger partial charge in [-0.25, -0.2) is 0 Å². The van der Waals surface area contributed by atoms with Crippen LogP contribution in [0.2, 0.25) is 0 Å². The lowest BCUT2D eigenvalue weighted by Crippen LogP contribution is -2.11. The largest absolute Gasteiger partial charge is 0.494 e. The Labute approximate surface area is 111 Å². The molecule has 0 bridgehead atoms. The molecule has 1 aromatic heterocycles. The number of oxime groups is 1. The van der Waals surface area contributed by atoms with Gasteiger partial charge in [-0.3, -0.25) is 4.98 Å². The topological polar surface area (TPSA) is 80.7 Å². The molecular weight excluding hydrogens is 242 g/mol. The fraction of sp³-hybridized carbons (Fsp3) is 0.286. The van der Waals surface area contributed by atoms with Crippen LogP contribution >= 0.6 is 0 Å². The summed E-state index contributed by atoms with van der Waals surface area (Å²) in [5, 5.41) is 12.4. The molecule has 19 heavy (non-hydrogen) atoms. The summed E-state index contributed by atoms with van der Waals surface area (Å²) in [6, 6.07) is 9.79. The number of pyridine rings is 1. The molecule has 100 valence electrons. The molecule has 0 fully saturated rings. The van der Waals surface area contributed by atoms with Crippen LogP contribution in [-0.4, -0.2) is 22.6 Å². The van der Waals surface area contributed by atoms with E-state index in [0.29, 0.717) is 13.0 Å². The number of fused-ring (bicyclic) bond motifs is 1. The molecule has 0 amide bonds. The van der Waals surface area contributed by atoms with Gasteiger partial charge >= 0.3 is 0 Å². The van der Waals surface area contributed by atoms with E-state index in [1.165, 1.54) is 0 Å². The third kappa shape index (κ3) is 3.84. The highest BCUT2D eigenvalue weighted by Gasteiger charge is 1.99. The first kappa shape index (κ1) is 13.1. The quantitative estimate of drug-likeness (QED) is 0.274. The fourth-order valence-electron chi connectivity index (χ4n) is 1.78. The number of hydrogen-bond donors (Lipinski definition) is 2. The minimum Gasteiger partial charge on any atom is -0.494 e. The van der Waals surface area contributed by atoms with Gasteiger partial charge in [0, 0.05) is 24.1 Å². The Morgan fingerprint density at radius 3 is 3.05 bits per heavy atom. The van der Waals surface area contributed by atoms with Crippen LogP contribution in [0.5, 0.6) is 5.75 Å². The van der Waals surface area contributed by atoms with Gasteiger partial charge in [-0.05, 0) is 31.0 Å². The SMILES string of the molecule is N/C(CCCCOc1ccc2cccnc2c1)=N/O. The summed E-state index contributed by atoms with van der Waals surface area (Å²) >= 11 is 0. The van der Waals surface area contributed by atoms with Crippen molar-refractivity contribution < 1.29 is 9.94 Å². The second kappa shape index (κ2) is 6.58. The summed E-state index contributed by atoms with van der Waals surface area (Å²) in [7, 11) is 0. The third-order valence-corrected chi connectivity index (χ3v) is 2.80. The number of nitrogens with zero attached hydrogens (tertiary/aromatic N) is 2. The van der Waals surface area contributed by atoms with Crippen molar-refractivity contribution in [2.45, 2.75) is 19.3 Å². The van der Waals surface area contributed by atoms with E-state index in [-0.39, 0.29) is 5.84 Å². The zero-order chi connectivity index (χ0) is 13.5. The predicted molar refractivity (Wildman–Crippen MR) is 74.5 cm³/mol. The first-order chi connectivity index (χ1) is 9.29. The molecule has 5 heteroatoms. The van der Waals surface area contributed by atoms with Crippen molar-refractivity contribution in [3.05, 3.63) is 36.5 Å². The van der Waals surface area contributed by atoms with Crippen LogP contribution in [0.15, 0.2) is 41.7 Å². The van der Waals surface area contributed by atoms with Gasteiger partial charge in [-0.2, -0.15) is 0 Å². The van der Waals surface area contributed by atoms with Crippen molar-refractivity contribution in [2.24, 2.45) is 10.9 Å². The van der Waals surface area contributed by atoms with E-state index in [1.807, 2.05) is 30.3 Å². The maximum absolute atomic E-state index is 8.39. The van der Waals surface area contributed by atoms with Gasteiger partial charge in [-0.15, -0.1) is 0 Å². The first-order valence-corrected chi connectivity index (χ1v) is 6.23. The Kier molecular flexibility index (Phi) is 4.55. The maximum atomic E-state index is 8.39. The molecule has 0 aliphatic heterocycles. The molecule has 0 saturated heterocycles. The molecule has 0 spiro atoms. The van der Waals surface area contributed by atoms with Gasteiger partial charge in [-0.1, -0.05) is 11.2 Å². The number of rotatable bonds is 6. The van der Waals surface area contributed by atoms with Crippen molar-refractivity contribution >= 4 is 16.7 Å². The summed E-state index contributed by atoms with van der Waals surface area (Å²) in [5.74, 6) is 1.07. The first-order valence-electron chi connectivity index (χ1n) is 6.23. The lowest BCUT2D eigenvalue weighted by Gasteiger charge is -2.06. The lowest BCUT2D eigenvalue weighted by molar-refractivity contribution is 0.305. The van der Waals surface area contributed by atoms with Crippen LogP contribution in [0.1, 0.15) is 19.3 Å². The summed E-state index contributed by atoms with van der Waals surface area (Å²) in [6.45, 7) is 0.608. The van der Waals surface area contributed by atoms with E-state index in [4.69, 9.17) is 15.7 Å². The van der Waals surface area contributed by atoms with Crippen LogP contribution in [0.25, 0.3) is 10.9 Å². The molecule has 0 saturated carbocycles. The molecule has 1 aromatic carbocycles. The monoisotopic (exact) mass is 259 g/mol. The second-order valence-electron chi connectivity index (χ2n) is 4.25.